The monoisotopic (exact) mass is 259 g/mol. The van der Waals surface area contributed by atoms with Gasteiger partial charge in [-0.3, -0.25) is 8.75 Å². The molecule has 2 rings (SSSR count). The van der Waals surface area contributed by atoms with E-state index < -0.39 is 0 Å². The minimum Gasteiger partial charge on any atom is -0.267 e. The maximum Gasteiger partial charge on any atom is 0.281 e. The summed E-state index contributed by atoms with van der Waals surface area (Å²) in [6.07, 6.45) is 0. The predicted octanol–water partition coefficient (Wildman–Crippen LogP) is 3.26. The van der Waals surface area contributed by atoms with Crippen molar-refractivity contribution in [1.29, 1.82) is 0 Å². The van der Waals surface area contributed by atoms with Gasteiger partial charge in [-0.15, -0.1) is 0 Å². The maximum absolute atomic E-state index is 11.6. The van der Waals surface area contributed by atoms with Crippen molar-refractivity contribution in [2.24, 2.45) is 0 Å². The van der Waals surface area contributed by atoms with E-state index in [9.17, 15) is 4.79 Å². The van der Waals surface area contributed by atoms with E-state index in [1.165, 1.54) is 11.5 Å². The fourth-order valence-electron chi connectivity index (χ4n) is 1.23. The van der Waals surface area contributed by atoms with Gasteiger partial charge in [-0.2, -0.15) is 0 Å². The number of rotatable bonds is 2. The molecular weight excluding hydrogens is 253 g/mol. The molecule has 0 unspecified atom stereocenters. The molecule has 78 valence electrons. The summed E-state index contributed by atoms with van der Waals surface area (Å²) in [7, 11) is 0. The van der Waals surface area contributed by atoms with Crippen molar-refractivity contribution in [1.82, 2.24) is 3.96 Å². The summed E-state index contributed by atoms with van der Waals surface area (Å²) in [4.78, 5) is 11.6. The van der Waals surface area contributed by atoms with Crippen LogP contribution in [0.5, 0.6) is 0 Å². The summed E-state index contributed by atoms with van der Waals surface area (Å²) in [6.45, 7) is 0.511. The topological polar surface area (TPSA) is 22.0 Å². The zero-order valence-electron chi connectivity index (χ0n) is 7.61. The average molecular weight is 260 g/mol. The number of nitrogens with zero attached hydrogens (tertiary/aromatic N) is 1. The molecule has 0 atom stereocenters. The van der Waals surface area contributed by atoms with Crippen LogP contribution in [0.2, 0.25) is 9.36 Å². The van der Waals surface area contributed by atoms with Crippen LogP contribution in [0, 0.1) is 0 Å². The van der Waals surface area contributed by atoms with E-state index in [2.05, 4.69) is 0 Å². The lowest BCUT2D eigenvalue weighted by Gasteiger charge is -1.99. The van der Waals surface area contributed by atoms with Gasteiger partial charge in [-0.25, -0.2) is 0 Å². The second kappa shape index (κ2) is 4.39. The number of halogens is 2. The number of hydrogen-bond acceptors (Lipinski definition) is 2. The number of benzene rings is 1. The Bertz CT molecular complexity index is 518. The first kappa shape index (κ1) is 10.7. The molecule has 0 spiro atoms. The highest BCUT2D eigenvalue weighted by molar-refractivity contribution is 7.11. The van der Waals surface area contributed by atoms with Gasteiger partial charge in [0.1, 0.15) is 9.36 Å². The molecule has 0 aliphatic heterocycles. The molecular formula is C10H7Cl2NOS. The first-order valence-electron chi connectivity index (χ1n) is 4.27. The van der Waals surface area contributed by atoms with Crippen LogP contribution in [-0.4, -0.2) is 3.96 Å². The van der Waals surface area contributed by atoms with Gasteiger partial charge in [-0.05, 0) is 17.1 Å². The second-order valence-electron chi connectivity index (χ2n) is 3.01. The van der Waals surface area contributed by atoms with Crippen molar-refractivity contribution in [2.45, 2.75) is 6.54 Å². The molecule has 0 radical (unpaired) electrons. The molecule has 1 aromatic carbocycles. The first-order chi connectivity index (χ1) is 7.18. The third-order valence-corrected chi connectivity index (χ3v) is 3.78. The van der Waals surface area contributed by atoms with E-state index in [0.29, 0.717) is 10.9 Å². The molecule has 5 heteroatoms. The van der Waals surface area contributed by atoms with Gasteiger partial charge in [0.15, 0.2) is 0 Å². The Kier molecular flexibility index (Phi) is 3.14. The number of hydrogen-bond donors (Lipinski definition) is 0. The minimum absolute atomic E-state index is 0.109. The van der Waals surface area contributed by atoms with Crippen molar-refractivity contribution in [3.63, 3.8) is 0 Å². The second-order valence-corrected chi connectivity index (χ2v) is 5.02. The smallest absolute Gasteiger partial charge is 0.267 e. The van der Waals surface area contributed by atoms with E-state index in [-0.39, 0.29) is 10.6 Å². The Morgan fingerprint density at radius 1 is 1.20 bits per heavy atom. The third kappa shape index (κ3) is 2.25. The Balaban J connectivity index is 2.33. The minimum atomic E-state index is -0.226. The fourth-order valence-corrected chi connectivity index (χ4v) is 2.56. The van der Waals surface area contributed by atoms with E-state index in [1.807, 2.05) is 30.3 Å². The molecule has 1 aromatic heterocycles. The van der Waals surface area contributed by atoms with Crippen LogP contribution in [-0.2, 0) is 6.54 Å². The van der Waals surface area contributed by atoms with Gasteiger partial charge in [0.2, 0.25) is 0 Å². The number of aromatic nitrogens is 1. The van der Waals surface area contributed by atoms with Gasteiger partial charge >= 0.3 is 0 Å². The third-order valence-electron chi connectivity index (χ3n) is 1.95. The highest BCUT2D eigenvalue weighted by Gasteiger charge is 2.10. The molecule has 2 aromatic rings. The molecule has 0 fully saturated rings. The van der Waals surface area contributed by atoms with Crippen LogP contribution in [0.3, 0.4) is 0 Å². The summed E-state index contributed by atoms with van der Waals surface area (Å²) in [5, 5.41) is 0.109. The zero-order valence-corrected chi connectivity index (χ0v) is 9.94. The lowest BCUT2D eigenvalue weighted by atomic mass is 10.2. The summed E-state index contributed by atoms with van der Waals surface area (Å²) >= 11 is 12.6. The van der Waals surface area contributed by atoms with E-state index >= 15 is 0 Å². The molecule has 15 heavy (non-hydrogen) atoms. The van der Waals surface area contributed by atoms with Crippen molar-refractivity contribution >= 4 is 34.7 Å². The molecule has 0 N–H and O–H groups in total. The van der Waals surface area contributed by atoms with Crippen molar-refractivity contribution < 1.29 is 0 Å². The first-order valence-corrected chi connectivity index (χ1v) is 5.80. The van der Waals surface area contributed by atoms with Gasteiger partial charge in [0.05, 0.1) is 6.54 Å². The normalized spacial score (nSPS) is 10.5. The highest BCUT2D eigenvalue weighted by Crippen LogP contribution is 2.23. The van der Waals surface area contributed by atoms with Crippen molar-refractivity contribution in [2.75, 3.05) is 0 Å². The summed E-state index contributed by atoms with van der Waals surface area (Å²) in [5.41, 5.74) is 0.824. The van der Waals surface area contributed by atoms with Crippen LogP contribution in [0.15, 0.2) is 35.1 Å². The largest absolute Gasteiger partial charge is 0.281 e. The molecule has 2 nitrogen and oxygen atoms in total. The Morgan fingerprint density at radius 3 is 2.40 bits per heavy atom. The Morgan fingerprint density at radius 2 is 1.87 bits per heavy atom. The summed E-state index contributed by atoms with van der Waals surface area (Å²) in [6, 6.07) is 9.69. The van der Waals surface area contributed by atoms with Gasteiger partial charge in [0.25, 0.3) is 5.56 Å². The summed E-state index contributed by atoms with van der Waals surface area (Å²) < 4.78 is 1.89. The summed E-state index contributed by atoms with van der Waals surface area (Å²) in [5.74, 6) is 0. The SMILES string of the molecule is O=c1c(Cl)c(Cl)sn1Cc1ccccc1. The maximum atomic E-state index is 11.6. The van der Waals surface area contributed by atoms with Crippen LogP contribution >= 0.6 is 34.7 Å². The predicted molar refractivity (Wildman–Crippen MR) is 64.1 cm³/mol. The molecule has 0 aliphatic carbocycles. The van der Waals surface area contributed by atoms with Gasteiger partial charge in [-0.1, -0.05) is 53.5 Å². The lowest BCUT2D eigenvalue weighted by Crippen LogP contribution is -2.13. The molecule has 0 bridgehead atoms. The molecule has 1 heterocycles. The molecule has 0 amide bonds. The highest BCUT2D eigenvalue weighted by atomic mass is 35.5. The Labute approximate surface area is 101 Å². The van der Waals surface area contributed by atoms with Gasteiger partial charge in [0, 0.05) is 0 Å². The van der Waals surface area contributed by atoms with E-state index in [1.54, 1.807) is 3.96 Å². The van der Waals surface area contributed by atoms with Crippen LogP contribution in [0.25, 0.3) is 0 Å². The van der Waals surface area contributed by atoms with Crippen LogP contribution in [0.4, 0.5) is 0 Å². The van der Waals surface area contributed by atoms with Gasteiger partial charge < -0.3 is 0 Å². The molecule has 0 saturated carbocycles. The fraction of sp³-hybridized carbons (Fsp3) is 0.100. The van der Waals surface area contributed by atoms with Crippen molar-refractivity contribution in [3.05, 3.63) is 55.6 Å². The molecule has 0 aliphatic rings. The zero-order chi connectivity index (χ0) is 10.8. The lowest BCUT2D eigenvalue weighted by molar-refractivity contribution is 0.849. The molecule has 0 saturated heterocycles. The van der Waals surface area contributed by atoms with Crippen LogP contribution < -0.4 is 5.56 Å². The van der Waals surface area contributed by atoms with E-state index in [0.717, 1.165) is 5.56 Å². The Hall–Kier alpha value is -0.770. The quantitative estimate of drug-likeness (QED) is 0.812. The van der Waals surface area contributed by atoms with Crippen LogP contribution in [0.1, 0.15) is 5.56 Å². The van der Waals surface area contributed by atoms with Crippen molar-refractivity contribution in [3.8, 4) is 0 Å². The standard InChI is InChI=1S/C10H7Cl2NOS/c11-8-9(12)15-13(10(8)14)6-7-4-2-1-3-5-7/h1-5H,6H2. The average Bonchev–Trinajstić information content (AvgIpc) is 2.48. The van der Waals surface area contributed by atoms with E-state index in [4.69, 9.17) is 23.2 Å².